The summed E-state index contributed by atoms with van der Waals surface area (Å²) in [6.45, 7) is 2.37. The number of hydrogen-bond donors (Lipinski definition) is 0. The maximum atomic E-state index is 14.0. The Bertz CT molecular complexity index is 801. The zero-order chi connectivity index (χ0) is 16.4. The van der Waals surface area contributed by atoms with Gasteiger partial charge in [0.05, 0.1) is 29.6 Å². The zero-order valence-corrected chi connectivity index (χ0v) is 14.0. The predicted molar refractivity (Wildman–Crippen MR) is 91.8 cm³/mol. The van der Waals surface area contributed by atoms with E-state index in [1.54, 1.807) is 23.6 Å². The summed E-state index contributed by atoms with van der Waals surface area (Å²) in [5, 5.41) is 2.06. The first kappa shape index (κ1) is 15.3. The molecule has 0 saturated carbocycles. The van der Waals surface area contributed by atoms with Gasteiger partial charge in [0.1, 0.15) is 5.82 Å². The highest BCUT2D eigenvalue weighted by Crippen LogP contribution is 2.30. The number of anilines is 1. The van der Waals surface area contributed by atoms with Crippen molar-refractivity contribution in [3.8, 4) is 0 Å². The number of piperidine rings is 1. The van der Waals surface area contributed by atoms with E-state index in [-0.39, 0.29) is 5.82 Å². The number of halogens is 1. The fourth-order valence-corrected chi connectivity index (χ4v) is 3.89. The van der Waals surface area contributed by atoms with Gasteiger partial charge in [-0.25, -0.2) is 14.4 Å². The Hall–Kier alpha value is -2.28. The van der Waals surface area contributed by atoms with Crippen LogP contribution in [-0.2, 0) is 6.54 Å². The molecule has 5 nitrogen and oxygen atoms in total. The molecule has 3 aromatic rings. The number of aromatic nitrogens is 4. The third-order valence-corrected chi connectivity index (χ3v) is 5.08. The van der Waals surface area contributed by atoms with Crippen molar-refractivity contribution in [2.75, 3.05) is 18.0 Å². The minimum Gasteiger partial charge on any atom is -0.368 e. The number of imidazole rings is 1. The van der Waals surface area contributed by atoms with Gasteiger partial charge >= 0.3 is 0 Å². The lowest BCUT2D eigenvalue weighted by molar-refractivity contribution is 0.470. The Labute approximate surface area is 143 Å². The van der Waals surface area contributed by atoms with Gasteiger partial charge in [-0.15, -0.1) is 11.3 Å². The van der Waals surface area contributed by atoms with Crippen LogP contribution < -0.4 is 4.90 Å². The molecule has 1 aliphatic heterocycles. The summed E-state index contributed by atoms with van der Waals surface area (Å²) >= 11 is 1.60. The van der Waals surface area contributed by atoms with Crippen molar-refractivity contribution < 1.29 is 4.39 Å². The lowest BCUT2D eigenvalue weighted by atomic mass is 9.96. The number of nitrogens with zero attached hydrogens (tertiary/aromatic N) is 5. The van der Waals surface area contributed by atoms with E-state index in [2.05, 4.69) is 29.8 Å². The van der Waals surface area contributed by atoms with Gasteiger partial charge in [-0.2, -0.15) is 0 Å². The second-order valence-corrected chi connectivity index (χ2v) is 6.72. The summed E-state index contributed by atoms with van der Waals surface area (Å²) in [5.74, 6) is 1.09. The Morgan fingerprint density at radius 1 is 1.29 bits per heavy atom. The second kappa shape index (κ2) is 6.68. The van der Waals surface area contributed by atoms with E-state index in [1.807, 2.05) is 17.9 Å². The normalized spacial score (nSPS) is 18.0. The summed E-state index contributed by atoms with van der Waals surface area (Å²) < 4.78 is 16.2. The SMILES string of the molecule is Fc1cnccc1N1CCC[C@@H](c2nccn2Cc2cscn2)C1. The summed E-state index contributed by atoms with van der Waals surface area (Å²) in [5.41, 5.74) is 3.53. The fourth-order valence-electron chi connectivity index (χ4n) is 3.34. The number of rotatable bonds is 4. The molecule has 0 unspecified atom stereocenters. The summed E-state index contributed by atoms with van der Waals surface area (Å²) in [7, 11) is 0. The van der Waals surface area contributed by atoms with Crippen molar-refractivity contribution in [2.45, 2.75) is 25.3 Å². The van der Waals surface area contributed by atoms with E-state index in [0.29, 0.717) is 11.6 Å². The van der Waals surface area contributed by atoms with E-state index in [9.17, 15) is 4.39 Å². The largest absolute Gasteiger partial charge is 0.368 e. The second-order valence-electron chi connectivity index (χ2n) is 6.01. The van der Waals surface area contributed by atoms with Crippen LogP contribution in [0, 0.1) is 5.82 Å². The van der Waals surface area contributed by atoms with Crippen molar-refractivity contribution in [3.05, 3.63) is 59.1 Å². The van der Waals surface area contributed by atoms with E-state index < -0.39 is 0 Å². The standard InChI is InChI=1S/C17H18FN5S/c18-15-8-19-4-3-16(15)22-6-1-2-13(9-22)17-20-5-7-23(17)10-14-11-24-12-21-14/h3-5,7-8,11-13H,1-2,6,9-10H2/t13-/m1/s1. The van der Waals surface area contributed by atoms with Gasteiger partial charge < -0.3 is 9.47 Å². The van der Waals surface area contributed by atoms with Crippen LogP contribution in [-0.4, -0.2) is 32.6 Å². The molecule has 4 heterocycles. The molecule has 0 bridgehead atoms. The first-order valence-electron chi connectivity index (χ1n) is 8.04. The average Bonchev–Trinajstić information content (AvgIpc) is 3.28. The van der Waals surface area contributed by atoms with Crippen LogP contribution in [0.4, 0.5) is 10.1 Å². The lowest BCUT2D eigenvalue weighted by Gasteiger charge is -2.34. The van der Waals surface area contributed by atoms with Crippen molar-refractivity contribution in [3.63, 3.8) is 0 Å². The molecule has 24 heavy (non-hydrogen) atoms. The van der Waals surface area contributed by atoms with Gasteiger partial charge in [-0.1, -0.05) is 0 Å². The first-order valence-corrected chi connectivity index (χ1v) is 8.98. The molecule has 0 radical (unpaired) electrons. The van der Waals surface area contributed by atoms with Gasteiger partial charge in [-0.05, 0) is 18.9 Å². The van der Waals surface area contributed by atoms with Crippen molar-refractivity contribution in [1.29, 1.82) is 0 Å². The van der Waals surface area contributed by atoms with Crippen LogP contribution in [0.1, 0.15) is 30.3 Å². The van der Waals surface area contributed by atoms with Crippen LogP contribution >= 0.6 is 11.3 Å². The minimum atomic E-state index is -0.260. The van der Waals surface area contributed by atoms with Crippen LogP contribution in [0.25, 0.3) is 0 Å². The van der Waals surface area contributed by atoms with Crippen molar-refractivity contribution in [2.24, 2.45) is 0 Å². The molecule has 1 aliphatic rings. The van der Waals surface area contributed by atoms with Crippen LogP contribution in [0.3, 0.4) is 0 Å². The third kappa shape index (κ3) is 3.03. The maximum absolute atomic E-state index is 14.0. The molecule has 1 fully saturated rings. The molecule has 124 valence electrons. The summed E-state index contributed by atoms with van der Waals surface area (Å²) in [6, 6.07) is 1.75. The molecular formula is C17H18FN5S. The van der Waals surface area contributed by atoms with Crippen molar-refractivity contribution in [1.82, 2.24) is 19.5 Å². The molecular weight excluding hydrogens is 325 g/mol. The van der Waals surface area contributed by atoms with E-state index in [1.165, 1.54) is 6.20 Å². The fraction of sp³-hybridized carbons (Fsp3) is 0.353. The van der Waals surface area contributed by atoms with Crippen molar-refractivity contribution >= 4 is 17.0 Å². The first-order chi connectivity index (χ1) is 11.8. The molecule has 1 atom stereocenters. The van der Waals surface area contributed by atoms with E-state index >= 15 is 0 Å². The van der Waals surface area contributed by atoms with Gasteiger partial charge in [0.2, 0.25) is 0 Å². The van der Waals surface area contributed by atoms with Gasteiger partial charge in [0, 0.05) is 43.0 Å². The Kier molecular flexibility index (Phi) is 4.25. The zero-order valence-electron chi connectivity index (χ0n) is 13.2. The number of thiazole rings is 1. The van der Waals surface area contributed by atoms with E-state index in [0.717, 1.165) is 44.0 Å². The molecule has 0 amide bonds. The summed E-state index contributed by atoms with van der Waals surface area (Å²) in [4.78, 5) is 14.9. The maximum Gasteiger partial charge on any atom is 0.164 e. The molecule has 3 aromatic heterocycles. The van der Waals surface area contributed by atoms with Crippen LogP contribution in [0.2, 0.25) is 0 Å². The highest BCUT2D eigenvalue weighted by Gasteiger charge is 2.26. The predicted octanol–water partition coefficient (Wildman–Crippen LogP) is 3.31. The molecule has 0 aromatic carbocycles. The quantitative estimate of drug-likeness (QED) is 0.729. The Morgan fingerprint density at radius 2 is 2.25 bits per heavy atom. The topological polar surface area (TPSA) is 46.8 Å². The van der Waals surface area contributed by atoms with Crippen LogP contribution in [0.15, 0.2) is 41.7 Å². The molecule has 0 spiro atoms. The smallest absolute Gasteiger partial charge is 0.164 e. The minimum absolute atomic E-state index is 0.260. The lowest BCUT2D eigenvalue weighted by Crippen LogP contribution is -2.36. The highest BCUT2D eigenvalue weighted by atomic mass is 32.1. The number of hydrogen-bond acceptors (Lipinski definition) is 5. The Morgan fingerprint density at radius 3 is 3.08 bits per heavy atom. The average molecular weight is 343 g/mol. The molecule has 0 aliphatic carbocycles. The molecule has 1 saturated heterocycles. The van der Waals surface area contributed by atoms with Gasteiger partial charge in [-0.3, -0.25) is 4.98 Å². The van der Waals surface area contributed by atoms with Gasteiger partial charge in [0.25, 0.3) is 0 Å². The Balaban J connectivity index is 1.55. The summed E-state index contributed by atoms with van der Waals surface area (Å²) in [6.07, 6.45) is 8.86. The highest BCUT2D eigenvalue weighted by molar-refractivity contribution is 7.07. The van der Waals surface area contributed by atoms with E-state index in [4.69, 9.17) is 0 Å². The molecule has 7 heteroatoms. The van der Waals surface area contributed by atoms with Gasteiger partial charge in [0.15, 0.2) is 5.82 Å². The monoisotopic (exact) mass is 343 g/mol. The molecule has 0 N–H and O–H groups in total. The third-order valence-electron chi connectivity index (χ3n) is 4.44. The van der Waals surface area contributed by atoms with Crippen LogP contribution in [0.5, 0.6) is 0 Å². The molecule has 4 rings (SSSR count). The number of pyridine rings is 1.